The summed E-state index contributed by atoms with van der Waals surface area (Å²) in [6.45, 7) is 6.66. The van der Waals surface area contributed by atoms with Gasteiger partial charge >= 0.3 is 6.09 Å². The summed E-state index contributed by atoms with van der Waals surface area (Å²) in [6, 6.07) is 1.49. The summed E-state index contributed by atoms with van der Waals surface area (Å²) in [5.74, 6) is 0.417. The van der Waals surface area contributed by atoms with Gasteiger partial charge < -0.3 is 14.8 Å². The number of amides is 2. The van der Waals surface area contributed by atoms with Crippen molar-refractivity contribution in [1.82, 2.24) is 4.98 Å². The van der Waals surface area contributed by atoms with Gasteiger partial charge in [0.1, 0.15) is 11.4 Å². The van der Waals surface area contributed by atoms with Gasteiger partial charge in [0.2, 0.25) is 5.91 Å². The molecule has 0 bridgehead atoms. The minimum absolute atomic E-state index is 0.258. The molecule has 20 heavy (non-hydrogen) atoms. The molecule has 0 spiro atoms. The Morgan fingerprint density at radius 1 is 1.25 bits per heavy atom. The maximum Gasteiger partial charge on any atom is 0.412 e. The van der Waals surface area contributed by atoms with E-state index >= 15 is 0 Å². The van der Waals surface area contributed by atoms with Gasteiger partial charge in [0, 0.05) is 13.0 Å². The minimum atomic E-state index is -0.615. The Morgan fingerprint density at radius 2 is 1.90 bits per heavy atom. The molecule has 1 heterocycles. The Bertz CT molecular complexity index is 509. The number of anilines is 2. The number of hydrogen-bond donors (Lipinski definition) is 2. The zero-order chi connectivity index (χ0) is 15.3. The van der Waals surface area contributed by atoms with Crippen LogP contribution >= 0.6 is 0 Å². The second kappa shape index (κ2) is 6.23. The molecule has 1 aromatic heterocycles. The predicted octanol–water partition coefficient (Wildman–Crippen LogP) is 2.40. The zero-order valence-corrected chi connectivity index (χ0v) is 12.2. The largest absolute Gasteiger partial charge is 0.493 e. The van der Waals surface area contributed by atoms with E-state index in [1.165, 1.54) is 26.3 Å². The maximum atomic E-state index is 11.7. The number of pyridine rings is 1. The average Bonchev–Trinajstić information content (AvgIpc) is 2.25. The van der Waals surface area contributed by atoms with Crippen LogP contribution in [0.25, 0.3) is 0 Å². The molecule has 1 rings (SSSR count). The minimum Gasteiger partial charge on any atom is -0.493 e. The molecule has 2 N–H and O–H groups in total. The highest BCUT2D eigenvalue weighted by Crippen LogP contribution is 2.26. The van der Waals surface area contributed by atoms with Gasteiger partial charge in [0.05, 0.1) is 19.0 Å². The first-order valence-electron chi connectivity index (χ1n) is 6.03. The van der Waals surface area contributed by atoms with Crippen molar-refractivity contribution < 1.29 is 19.1 Å². The maximum absolute atomic E-state index is 11.7. The number of hydrogen-bond acceptors (Lipinski definition) is 5. The van der Waals surface area contributed by atoms with Crippen LogP contribution in [0.2, 0.25) is 0 Å². The third-order valence-electron chi connectivity index (χ3n) is 2.03. The Morgan fingerprint density at radius 3 is 2.40 bits per heavy atom. The highest BCUT2D eigenvalue weighted by molar-refractivity contribution is 5.91. The fourth-order valence-corrected chi connectivity index (χ4v) is 1.37. The lowest BCUT2D eigenvalue weighted by Crippen LogP contribution is -2.27. The first kappa shape index (κ1) is 15.7. The molecule has 0 saturated carbocycles. The Kier molecular flexibility index (Phi) is 4.90. The third kappa shape index (κ3) is 5.13. The summed E-state index contributed by atoms with van der Waals surface area (Å²) in [5.41, 5.74) is -0.245. The number of aromatic nitrogens is 1. The molecular weight excluding hydrogens is 262 g/mol. The Balaban J connectivity index is 2.91. The zero-order valence-electron chi connectivity index (χ0n) is 12.2. The Hall–Kier alpha value is -2.31. The van der Waals surface area contributed by atoms with E-state index in [9.17, 15) is 9.59 Å². The number of carbonyl (C=O) groups excluding carboxylic acids is 2. The Labute approximate surface area is 117 Å². The fourth-order valence-electron chi connectivity index (χ4n) is 1.37. The van der Waals surface area contributed by atoms with E-state index in [1.807, 2.05) is 0 Å². The first-order valence-corrected chi connectivity index (χ1v) is 6.03. The number of methoxy groups -OCH3 is 1. The van der Waals surface area contributed by atoms with Crippen LogP contribution in [0.4, 0.5) is 16.3 Å². The molecule has 0 saturated heterocycles. The van der Waals surface area contributed by atoms with Crippen molar-refractivity contribution in [1.29, 1.82) is 0 Å². The standard InChI is InChI=1S/C13H19N3O4/c1-8(17)15-11-6-9(10(19-5)7-14-11)16-12(18)20-13(2,3)4/h6-7H,1-5H3,(H2,14,15,16,17,18). The second-order valence-electron chi connectivity index (χ2n) is 5.08. The lowest BCUT2D eigenvalue weighted by molar-refractivity contribution is -0.114. The summed E-state index contributed by atoms with van der Waals surface area (Å²) < 4.78 is 10.2. The molecule has 0 fully saturated rings. The van der Waals surface area contributed by atoms with Crippen molar-refractivity contribution >= 4 is 23.5 Å². The van der Waals surface area contributed by atoms with E-state index in [0.717, 1.165) is 0 Å². The van der Waals surface area contributed by atoms with Crippen molar-refractivity contribution in [2.75, 3.05) is 17.7 Å². The summed E-state index contributed by atoms with van der Waals surface area (Å²) in [5, 5.41) is 5.07. The van der Waals surface area contributed by atoms with Crippen LogP contribution in [0.5, 0.6) is 5.75 Å². The fraction of sp³-hybridized carbons (Fsp3) is 0.462. The first-order chi connectivity index (χ1) is 9.21. The van der Waals surface area contributed by atoms with Crippen LogP contribution in [-0.4, -0.2) is 29.7 Å². The molecule has 7 heteroatoms. The van der Waals surface area contributed by atoms with E-state index < -0.39 is 11.7 Å². The second-order valence-corrected chi connectivity index (χ2v) is 5.08. The lowest BCUT2D eigenvalue weighted by atomic mass is 10.2. The van der Waals surface area contributed by atoms with Crippen molar-refractivity contribution in [3.63, 3.8) is 0 Å². The van der Waals surface area contributed by atoms with Crippen LogP contribution in [0.15, 0.2) is 12.3 Å². The highest BCUT2D eigenvalue weighted by atomic mass is 16.6. The summed E-state index contributed by atoms with van der Waals surface area (Å²) in [7, 11) is 1.45. The number of nitrogens with one attached hydrogen (secondary N) is 2. The van der Waals surface area contributed by atoms with Gasteiger partial charge in [-0.2, -0.15) is 0 Å². The van der Waals surface area contributed by atoms with Gasteiger partial charge in [-0.15, -0.1) is 0 Å². The van der Waals surface area contributed by atoms with Gasteiger partial charge in [0.15, 0.2) is 5.75 Å². The smallest absolute Gasteiger partial charge is 0.412 e. The van der Waals surface area contributed by atoms with Crippen LogP contribution in [-0.2, 0) is 9.53 Å². The van der Waals surface area contributed by atoms with Crippen molar-refractivity contribution in [3.8, 4) is 5.75 Å². The number of rotatable bonds is 3. The number of ether oxygens (including phenoxy) is 2. The SMILES string of the molecule is COc1cnc(NC(C)=O)cc1NC(=O)OC(C)(C)C. The summed E-state index contributed by atoms with van der Waals surface area (Å²) >= 11 is 0. The van der Waals surface area contributed by atoms with Crippen molar-refractivity contribution in [2.24, 2.45) is 0 Å². The van der Waals surface area contributed by atoms with E-state index in [0.29, 0.717) is 17.3 Å². The molecule has 1 aromatic rings. The molecular formula is C13H19N3O4. The van der Waals surface area contributed by atoms with Gasteiger partial charge in [-0.3, -0.25) is 10.1 Å². The van der Waals surface area contributed by atoms with E-state index in [-0.39, 0.29) is 5.91 Å². The molecule has 0 radical (unpaired) electrons. The molecule has 0 aliphatic carbocycles. The molecule has 7 nitrogen and oxygen atoms in total. The number of carbonyl (C=O) groups is 2. The van der Waals surface area contributed by atoms with Gasteiger partial charge in [0.25, 0.3) is 0 Å². The van der Waals surface area contributed by atoms with Crippen LogP contribution in [0, 0.1) is 0 Å². The van der Waals surface area contributed by atoms with Crippen LogP contribution in [0.1, 0.15) is 27.7 Å². The average molecular weight is 281 g/mol. The summed E-state index contributed by atoms with van der Waals surface area (Å²) in [6.07, 6.45) is 0.786. The highest BCUT2D eigenvalue weighted by Gasteiger charge is 2.18. The van der Waals surface area contributed by atoms with Crippen molar-refractivity contribution in [3.05, 3.63) is 12.3 Å². The van der Waals surface area contributed by atoms with Crippen molar-refractivity contribution in [2.45, 2.75) is 33.3 Å². The van der Waals surface area contributed by atoms with Gasteiger partial charge in [-0.1, -0.05) is 0 Å². The van der Waals surface area contributed by atoms with E-state index in [4.69, 9.17) is 9.47 Å². The van der Waals surface area contributed by atoms with E-state index in [2.05, 4.69) is 15.6 Å². The quantitative estimate of drug-likeness (QED) is 0.888. The molecule has 0 aromatic carbocycles. The topological polar surface area (TPSA) is 89.5 Å². The molecule has 0 aliphatic heterocycles. The molecule has 0 atom stereocenters. The lowest BCUT2D eigenvalue weighted by Gasteiger charge is -2.20. The normalized spacial score (nSPS) is 10.7. The molecule has 0 unspecified atom stereocenters. The molecule has 110 valence electrons. The molecule has 2 amide bonds. The van der Waals surface area contributed by atoms with E-state index in [1.54, 1.807) is 20.8 Å². The monoisotopic (exact) mass is 281 g/mol. The van der Waals surface area contributed by atoms with Gasteiger partial charge in [-0.25, -0.2) is 9.78 Å². The number of nitrogens with zero attached hydrogens (tertiary/aromatic N) is 1. The predicted molar refractivity (Wildman–Crippen MR) is 74.9 cm³/mol. The van der Waals surface area contributed by atoms with Crippen LogP contribution in [0.3, 0.4) is 0 Å². The van der Waals surface area contributed by atoms with Gasteiger partial charge in [-0.05, 0) is 20.8 Å². The third-order valence-corrected chi connectivity index (χ3v) is 2.03. The molecule has 0 aliphatic rings. The summed E-state index contributed by atoms with van der Waals surface area (Å²) in [4.78, 5) is 26.7. The van der Waals surface area contributed by atoms with Crippen LogP contribution < -0.4 is 15.4 Å².